The predicted molar refractivity (Wildman–Crippen MR) is 74.9 cm³/mol. The van der Waals surface area contributed by atoms with Gasteiger partial charge in [0.05, 0.1) is 12.3 Å². The minimum Gasteiger partial charge on any atom is -0.491 e. The van der Waals surface area contributed by atoms with Gasteiger partial charge in [-0.15, -0.1) is 0 Å². The van der Waals surface area contributed by atoms with Crippen molar-refractivity contribution in [3.05, 3.63) is 23.8 Å². The summed E-state index contributed by atoms with van der Waals surface area (Å²) < 4.78 is 11.1. The lowest BCUT2D eigenvalue weighted by Crippen LogP contribution is -2.37. The molecule has 2 rings (SSSR count). The Morgan fingerprint density at radius 3 is 2.79 bits per heavy atom. The van der Waals surface area contributed by atoms with Gasteiger partial charge in [-0.25, -0.2) is 4.79 Å². The van der Waals surface area contributed by atoms with Gasteiger partial charge in [-0.3, -0.25) is 4.90 Å². The van der Waals surface area contributed by atoms with E-state index < -0.39 is 5.60 Å². The van der Waals surface area contributed by atoms with Gasteiger partial charge in [-0.2, -0.15) is 0 Å². The Bertz CT molecular complexity index is 477. The monoisotopic (exact) mass is 263 g/mol. The van der Waals surface area contributed by atoms with E-state index in [4.69, 9.17) is 9.47 Å². The van der Waals surface area contributed by atoms with Crippen LogP contribution in [0.1, 0.15) is 32.8 Å². The van der Waals surface area contributed by atoms with Gasteiger partial charge in [0.15, 0.2) is 0 Å². The molecule has 0 fully saturated rings. The highest BCUT2D eigenvalue weighted by Gasteiger charge is 2.26. The fourth-order valence-corrected chi connectivity index (χ4v) is 1.99. The Morgan fingerprint density at radius 1 is 1.37 bits per heavy atom. The highest BCUT2D eigenvalue weighted by molar-refractivity contribution is 5.90. The molecule has 1 amide bonds. The van der Waals surface area contributed by atoms with Crippen LogP contribution in [0.4, 0.5) is 10.5 Å². The zero-order valence-corrected chi connectivity index (χ0v) is 12.0. The van der Waals surface area contributed by atoms with Crippen LogP contribution >= 0.6 is 0 Å². The number of ether oxygens (including phenoxy) is 2. The van der Waals surface area contributed by atoms with Gasteiger partial charge >= 0.3 is 6.09 Å². The van der Waals surface area contributed by atoms with Crippen LogP contribution in [0.2, 0.25) is 0 Å². The van der Waals surface area contributed by atoms with Crippen molar-refractivity contribution in [1.82, 2.24) is 0 Å². The second kappa shape index (κ2) is 5.11. The summed E-state index contributed by atoms with van der Waals surface area (Å²) in [4.78, 5) is 13.9. The fourth-order valence-electron chi connectivity index (χ4n) is 1.99. The Balaban J connectivity index is 2.29. The molecule has 1 aliphatic heterocycles. The lowest BCUT2D eigenvalue weighted by molar-refractivity contribution is 0.0581. The van der Waals surface area contributed by atoms with Crippen LogP contribution in [0.5, 0.6) is 5.75 Å². The van der Waals surface area contributed by atoms with Gasteiger partial charge < -0.3 is 9.47 Å². The van der Waals surface area contributed by atoms with E-state index in [0.29, 0.717) is 13.2 Å². The Labute approximate surface area is 114 Å². The highest BCUT2D eigenvalue weighted by atomic mass is 16.6. The molecular weight excluding hydrogens is 242 g/mol. The maximum atomic E-state index is 12.3. The van der Waals surface area contributed by atoms with E-state index in [2.05, 4.69) is 0 Å². The molecule has 1 aliphatic rings. The maximum absolute atomic E-state index is 12.3. The summed E-state index contributed by atoms with van der Waals surface area (Å²) in [6.07, 6.45) is 0.482. The van der Waals surface area contributed by atoms with Gasteiger partial charge in [0.1, 0.15) is 11.4 Å². The highest BCUT2D eigenvalue weighted by Crippen LogP contribution is 2.32. The summed E-state index contributed by atoms with van der Waals surface area (Å²) in [5, 5.41) is 0. The van der Waals surface area contributed by atoms with Gasteiger partial charge in [0.25, 0.3) is 0 Å². The van der Waals surface area contributed by atoms with E-state index in [1.807, 2.05) is 45.9 Å². The SMILES string of the molecule is Cc1ccc2c(c1)OCCCN2C(=O)OC(C)(C)C. The summed E-state index contributed by atoms with van der Waals surface area (Å²) >= 11 is 0. The van der Waals surface area contributed by atoms with E-state index >= 15 is 0 Å². The summed E-state index contributed by atoms with van der Waals surface area (Å²) in [7, 11) is 0. The number of aryl methyl sites for hydroxylation is 1. The van der Waals surface area contributed by atoms with Crippen molar-refractivity contribution in [2.24, 2.45) is 0 Å². The average Bonchev–Trinajstić information content (AvgIpc) is 2.48. The zero-order chi connectivity index (χ0) is 14.0. The third kappa shape index (κ3) is 3.40. The second-order valence-electron chi connectivity index (χ2n) is 5.81. The van der Waals surface area contributed by atoms with Gasteiger partial charge in [0, 0.05) is 6.54 Å². The molecule has 0 saturated carbocycles. The standard InChI is InChI=1S/C15H21NO3/c1-11-6-7-12-13(10-11)18-9-5-8-16(12)14(17)19-15(2,3)4/h6-7,10H,5,8-9H2,1-4H3. The average molecular weight is 263 g/mol. The topological polar surface area (TPSA) is 38.8 Å². The molecule has 1 aromatic rings. The van der Waals surface area contributed by atoms with Crippen LogP contribution in [0.15, 0.2) is 18.2 Å². The van der Waals surface area contributed by atoms with E-state index in [0.717, 1.165) is 23.4 Å². The number of nitrogens with zero attached hydrogens (tertiary/aromatic N) is 1. The Hall–Kier alpha value is -1.71. The molecule has 4 heteroatoms. The van der Waals surface area contributed by atoms with Crippen LogP contribution in [0, 0.1) is 6.92 Å². The number of hydrogen-bond donors (Lipinski definition) is 0. The van der Waals surface area contributed by atoms with Crippen molar-refractivity contribution in [3.63, 3.8) is 0 Å². The number of fused-ring (bicyclic) bond motifs is 1. The first-order valence-electron chi connectivity index (χ1n) is 6.61. The van der Waals surface area contributed by atoms with Crippen molar-refractivity contribution in [2.75, 3.05) is 18.1 Å². The molecule has 1 aromatic carbocycles. The largest absolute Gasteiger partial charge is 0.491 e. The zero-order valence-electron chi connectivity index (χ0n) is 12.0. The number of carbonyl (C=O) groups excluding carboxylic acids is 1. The molecule has 0 unspecified atom stereocenters. The number of rotatable bonds is 0. The molecule has 0 aliphatic carbocycles. The molecule has 0 N–H and O–H groups in total. The molecule has 0 radical (unpaired) electrons. The molecular formula is C15H21NO3. The number of carbonyl (C=O) groups is 1. The van der Waals surface area contributed by atoms with Crippen LogP contribution in [0.3, 0.4) is 0 Å². The number of hydrogen-bond acceptors (Lipinski definition) is 3. The third-order valence-corrected chi connectivity index (χ3v) is 2.80. The molecule has 19 heavy (non-hydrogen) atoms. The Morgan fingerprint density at radius 2 is 2.11 bits per heavy atom. The predicted octanol–water partition coefficient (Wildman–Crippen LogP) is 3.52. The second-order valence-corrected chi connectivity index (χ2v) is 5.81. The fraction of sp³-hybridized carbons (Fsp3) is 0.533. The van der Waals surface area contributed by atoms with Gasteiger partial charge in [0.2, 0.25) is 0 Å². The first kappa shape index (κ1) is 13.7. The summed E-state index contributed by atoms with van der Waals surface area (Å²) in [6, 6.07) is 5.85. The molecule has 0 saturated heterocycles. The minimum atomic E-state index is -0.491. The van der Waals surface area contributed by atoms with Crippen LogP contribution < -0.4 is 9.64 Å². The molecule has 4 nitrogen and oxygen atoms in total. The van der Waals surface area contributed by atoms with E-state index in [-0.39, 0.29) is 6.09 Å². The lowest BCUT2D eigenvalue weighted by Gasteiger charge is -2.26. The first-order valence-corrected chi connectivity index (χ1v) is 6.61. The number of benzene rings is 1. The van der Waals surface area contributed by atoms with E-state index in [1.54, 1.807) is 4.90 Å². The van der Waals surface area contributed by atoms with E-state index in [1.165, 1.54) is 0 Å². The van der Waals surface area contributed by atoms with Crippen molar-refractivity contribution in [3.8, 4) is 5.75 Å². The normalized spacial score (nSPS) is 15.3. The van der Waals surface area contributed by atoms with E-state index in [9.17, 15) is 4.79 Å². The van der Waals surface area contributed by atoms with Crippen molar-refractivity contribution >= 4 is 11.8 Å². The first-order chi connectivity index (χ1) is 8.87. The summed E-state index contributed by atoms with van der Waals surface area (Å²) in [5.41, 5.74) is 1.41. The molecule has 0 bridgehead atoms. The molecule has 0 spiro atoms. The molecule has 0 aromatic heterocycles. The number of anilines is 1. The van der Waals surface area contributed by atoms with Gasteiger partial charge in [-0.1, -0.05) is 6.07 Å². The van der Waals surface area contributed by atoms with Crippen LogP contribution in [0.25, 0.3) is 0 Å². The Kier molecular flexibility index (Phi) is 3.69. The van der Waals surface area contributed by atoms with Crippen LogP contribution in [-0.2, 0) is 4.74 Å². The minimum absolute atomic E-state index is 0.317. The quantitative estimate of drug-likeness (QED) is 0.719. The third-order valence-electron chi connectivity index (χ3n) is 2.80. The van der Waals surface area contributed by atoms with Crippen molar-refractivity contribution in [1.29, 1.82) is 0 Å². The smallest absolute Gasteiger partial charge is 0.414 e. The van der Waals surface area contributed by atoms with Gasteiger partial charge in [-0.05, 0) is 51.8 Å². The van der Waals surface area contributed by atoms with Crippen LogP contribution in [-0.4, -0.2) is 24.8 Å². The maximum Gasteiger partial charge on any atom is 0.414 e. The summed E-state index contributed by atoms with van der Waals surface area (Å²) in [6.45, 7) is 8.85. The molecule has 0 atom stereocenters. The van der Waals surface area contributed by atoms with Crippen molar-refractivity contribution in [2.45, 2.75) is 39.7 Å². The molecule has 104 valence electrons. The summed E-state index contributed by atoms with van der Waals surface area (Å²) in [5.74, 6) is 0.753. The van der Waals surface area contributed by atoms with Crippen molar-refractivity contribution < 1.29 is 14.3 Å². The lowest BCUT2D eigenvalue weighted by atomic mass is 10.2. The number of amides is 1. The molecule has 1 heterocycles.